The molecule has 0 aliphatic carbocycles. The van der Waals surface area contributed by atoms with Crippen LogP contribution in [0, 0.1) is 11.6 Å². The summed E-state index contributed by atoms with van der Waals surface area (Å²) in [5, 5.41) is 0. The van der Waals surface area contributed by atoms with Gasteiger partial charge in [-0.05, 0) is 86.3 Å². The molecular formula is C39H43F2N5O5. The molecule has 10 nitrogen and oxygen atoms in total. The molecule has 0 bridgehead atoms. The third-order valence-electron chi connectivity index (χ3n) is 10.5. The number of likely N-dealkylation sites (tertiary alicyclic amines) is 2. The second kappa shape index (κ2) is 14.6. The van der Waals surface area contributed by atoms with Crippen LogP contribution in [0.25, 0.3) is 11.0 Å². The number of furan rings is 1. The minimum absolute atomic E-state index is 0.193. The average molecular weight is 700 g/mol. The molecule has 12 heteroatoms. The van der Waals surface area contributed by atoms with Crippen molar-refractivity contribution in [3.05, 3.63) is 102 Å². The molecule has 0 saturated carbocycles. The Morgan fingerprint density at radius 2 is 1.73 bits per heavy atom. The van der Waals surface area contributed by atoms with E-state index in [-0.39, 0.29) is 11.9 Å². The van der Waals surface area contributed by atoms with Gasteiger partial charge in [0, 0.05) is 43.2 Å². The monoisotopic (exact) mass is 699 g/mol. The van der Waals surface area contributed by atoms with Crippen LogP contribution in [0.1, 0.15) is 47.4 Å². The summed E-state index contributed by atoms with van der Waals surface area (Å²) in [7, 11) is 4.53. The number of nitrogens with one attached hydrogen (secondary N) is 1. The van der Waals surface area contributed by atoms with Gasteiger partial charge in [0.2, 0.25) is 11.7 Å². The number of anilines is 1. The van der Waals surface area contributed by atoms with Crippen molar-refractivity contribution in [2.45, 2.75) is 43.7 Å². The summed E-state index contributed by atoms with van der Waals surface area (Å²) in [6, 6.07) is 19.6. The molecule has 268 valence electrons. The third kappa shape index (κ3) is 6.97. The van der Waals surface area contributed by atoms with Gasteiger partial charge < -0.3 is 38.3 Å². The normalized spacial score (nSPS) is 18.3. The van der Waals surface area contributed by atoms with Gasteiger partial charge in [0.25, 0.3) is 5.91 Å². The van der Waals surface area contributed by atoms with Crippen molar-refractivity contribution < 1.29 is 32.2 Å². The minimum atomic E-state index is -0.886. The molecule has 2 saturated heterocycles. The Kier molecular flexibility index (Phi) is 9.86. The molecule has 4 heterocycles. The largest absolute Gasteiger partial charge is 0.493 e. The molecule has 0 spiro atoms. The number of methoxy groups -OCH3 is 3. The standard InChI is InChI=1S/C39H43F2N5O5/c1-48-34-21-26(22-35(49-2)36(34)50-3)37(47)45-19-15-39(25-45,27-10-11-30(40)31(41)23-27)14-18-44-16-12-28(13-17-44)46(24-29-7-6-20-51-29)38-42-32-8-4-5-9-33(32)43-38/h4-11,20-23,28H,12-19,24-25H2,1-3H3,(H,42,43). The molecule has 2 fully saturated rings. The van der Waals surface area contributed by atoms with Gasteiger partial charge in [-0.2, -0.15) is 0 Å². The Hall–Kier alpha value is -5.10. The molecule has 5 aromatic rings. The molecule has 1 amide bonds. The van der Waals surface area contributed by atoms with E-state index in [2.05, 4.69) is 14.8 Å². The Morgan fingerprint density at radius 3 is 2.39 bits per heavy atom. The first-order valence-corrected chi connectivity index (χ1v) is 17.3. The quantitative estimate of drug-likeness (QED) is 0.152. The summed E-state index contributed by atoms with van der Waals surface area (Å²) in [4.78, 5) is 28.9. The number of fused-ring (bicyclic) bond motifs is 1. The lowest BCUT2D eigenvalue weighted by atomic mass is 9.76. The molecular weight excluding hydrogens is 656 g/mol. The summed E-state index contributed by atoms with van der Waals surface area (Å²) in [6.45, 7) is 3.92. The van der Waals surface area contributed by atoms with E-state index in [4.69, 9.17) is 23.6 Å². The van der Waals surface area contributed by atoms with Crippen LogP contribution in [0.2, 0.25) is 0 Å². The lowest BCUT2D eigenvalue weighted by Gasteiger charge is -2.39. The molecule has 1 atom stereocenters. The zero-order valence-corrected chi connectivity index (χ0v) is 29.2. The van der Waals surface area contributed by atoms with E-state index < -0.39 is 17.0 Å². The van der Waals surface area contributed by atoms with Crippen LogP contribution in [0.3, 0.4) is 0 Å². The second-order valence-electron chi connectivity index (χ2n) is 13.4. The van der Waals surface area contributed by atoms with Crippen molar-refractivity contribution in [1.82, 2.24) is 19.8 Å². The smallest absolute Gasteiger partial charge is 0.254 e. The maximum absolute atomic E-state index is 14.7. The van der Waals surface area contributed by atoms with Crippen molar-refractivity contribution in [2.24, 2.45) is 0 Å². The van der Waals surface area contributed by atoms with Crippen molar-refractivity contribution in [2.75, 3.05) is 59.0 Å². The summed E-state index contributed by atoms with van der Waals surface area (Å²) >= 11 is 0. The highest BCUT2D eigenvalue weighted by atomic mass is 19.2. The van der Waals surface area contributed by atoms with Crippen molar-refractivity contribution in [3.63, 3.8) is 0 Å². The van der Waals surface area contributed by atoms with Crippen molar-refractivity contribution in [3.8, 4) is 17.2 Å². The fourth-order valence-electron chi connectivity index (χ4n) is 7.69. The van der Waals surface area contributed by atoms with Gasteiger partial charge in [0.15, 0.2) is 23.1 Å². The van der Waals surface area contributed by atoms with E-state index >= 15 is 0 Å². The average Bonchev–Trinajstić information content (AvgIpc) is 3.94. The maximum atomic E-state index is 14.7. The fourth-order valence-corrected chi connectivity index (χ4v) is 7.69. The maximum Gasteiger partial charge on any atom is 0.254 e. The number of carbonyl (C=O) groups is 1. The first-order valence-electron chi connectivity index (χ1n) is 17.3. The van der Waals surface area contributed by atoms with E-state index in [0.717, 1.165) is 55.2 Å². The molecule has 1 N–H and O–H groups in total. The molecule has 3 aromatic carbocycles. The van der Waals surface area contributed by atoms with Gasteiger partial charge in [-0.1, -0.05) is 18.2 Å². The second-order valence-corrected chi connectivity index (χ2v) is 13.4. The molecule has 2 aliphatic rings. The van der Waals surface area contributed by atoms with E-state index in [0.29, 0.717) is 60.9 Å². The first kappa shape index (κ1) is 34.4. The molecule has 0 radical (unpaired) electrons. The van der Waals surface area contributed by atoms with Crippen LogP contribution in [-0.2, 0) is 12.0 Å². The number of aromatic nitrogens is 2. The van der Waals surface area contributed by atoms with Crippen molar-refractivity contribution in [1.29, 1.82) is 0 Å². The number of halogens is 2. The van der Waals surface area contributed by atoms with E-state index in [1.54, 1.807) is 29.4 Å². The zero-order valence-electron chi connectivity index (χ0n) is 29.2. The van der Waals surface area contributed by atoms with Crippen LogP contribution in [0.4, 0.5) is 14.7 Å². The number of benzene rings is 3. The van der Waals surface area contributed by atoms with Crippen LogP contribution >= 0.6 is 0 Å². The predicted molar refractivity (Wildman–Crippen MR) is 190 cm³/mol. The lowest BCUT2D eigenvalue weighted by Crippen LogP contribution is -2.46. The number of hydrogen-bond donors (Lipinski definition) is 1. The highest BCUT2D eigenvalue weighted by Crippen LogP contribution is 2.42. The predicted octanol–water partition coefficient (Wildman–Crippen LogP) is 6.81. The fraction of sp³-hybridized carbons (Fsp3) is 0.385. The number of piperidine rings is 1. The number of imidazole rings is 1. The number of rotatable bonds is 12. The lowest BCUT2D eigenvalue weighted by molar-refractivity contribution is 0.0779. The number of H-pyrrole nitrogens is 1. The summed E-state index contributed by atoms with van der Waals surface area (Å²) in [6.07, 6.45) is 4.83. The topological polar surface area (TPSA) is 96.3 Å². The van der Waals surface area contributed by atoms with E-state index in [1.165, 1.54) is 33.5 Å². The molecule has 2 aliphatic heterocycles. The van der Waals surface area contributed by atoms with Gasteiger partial charge in [0.1, 0.15) is 5.76 Å². The molecule has 1 unspecified atom stereocenters. The summed E-state index contributed by atoms with van der Waals surface area (Å²) in [5.41, 5.74) is 2.46. The number of nitrogens with zero attached hydrogens (tertiary/aromatic N) is 4. The number of hydrogen-bond acceptors (Lipinski definition) is 8. The first-order chi connectivity index (χ1) is 24.8. The highest BCUT2D eigenvalue weighted by molar-refractivity contribution is 5.96. The summed E-state index contributed by atoms with van der Waals surface area (Å²) in [5.74, 6) is 0.910. The molecule has 2 aromatic heterocycles. The zero-order chi connectivity index (χ0) is 35.5. The van der Waals surface area contributed by atoms with Crippen molar-refractivity contribution >= 4 is 22.9 Å². The van der Waals surface area contributed by atoms with Crippen LogP contribution < -0.4 is 19.1 Å². The number of amides is 1. The Labute approximate surface area is 295 Å². The SMILES string of the molecule is COc1cc(C(=O)N2CCC(CCN3CCC(N(Cc4ccco4)c4nc5ccccc5[nH]4)CC3)(c3ccc(F)c(F)c3)C2)cc(OC)c1OC. The van der Waals surface area contributed by atoms with Crippen LogP contribution in [-0.4, -0.2) is 85.8 Å². The molecule has 51 heavy (non-hydrogen) atoms. The van der Waals surface area contributed by atoms with Crippen LogP contribution in [0.5, 0.6) is 17.2 Å². The van der Waals surface area contributed by atoms with Gasteiger partial charge in [-0.3, -0.25) is 4.79 Å². The summed E-state index contributed by atoms with van der Waals surface area (Å²) < 4.78 is 51.0. The number of carbonyl (C=O) groups excluding carboxylic acids is 1. The van der Waals surface area contributed by atoms with Gasteiger partial charge >= 0.3 is 0 Å². The molecule has 7 rings (SSSR count). The highest BCUT2D eigenvalue weighted by Gasteiger charge is 2.42. The minimum Gasteiger partial charge on any atom is -0.493 e. The Balaban J connectivity index is 1.07. The number of ether oxygens (including phenoxy) is 3. The number of aromatic amines is 1. The van der Waals surface area contributed by atoms with Gasteiger partial charge in [-0.15, -0.1) is 0 Å². The van der Waals surface area contributed by atoms with Crippen LogP contribution in [0.15, 0.2) is 77.4 Å². The van der Waals surface area contributed by atoms with E-state index in [1.807, 2.05) is 36.4 Å². The van der Waals surface area contributed by atoms with E-state index in [9.17, 15) is 13.6 Å². The third-order valence-corrected chi connectivity index (χ3v) is 10.5. The Morgan fingerprint density at radius 1 is 0.961 bits per heavy atom. The van der Waals surface area contributed by atoms with Gasteiger partial charge in [0.05, 0.1) is 45.2 Å². The Bertz CT molecular complexity index is 1920. The number of para-hydroxylation sites is 2. The van der Waals surface area contributed by atoms with Gasteiger partial charge in [-0.25, -0.2) is 13.8 Å².